The zero-order valence-electron chi connectivity index (χ0n) is 11.4. The highest BCUT2D eigenvalue weighted by atomic mass is 19.1. The van der Waals surface area contributed by atoms with E-state index < -0.39 is 0 Å². The molecule has 0 saturated carbocycles. The van der Waals surface area contributed by atoms with Gasteiger partial charge in [-0.25, -0.2) is 4.39 Å². The molecule has 3 N–H and O–H groups in total. The van der Waals surface area contributed by atoms with E-state index in [1.54, 1.807) is 0 Å². The summed E-state index contributed by atoms with van der Waals surface area (Å²) in [6.07, 6.45) is 0. The molecule has 4 heteroatoms. The van der Waals surface area contributed by atoms with Crippen LogP contribution in [0.2, 0.25) is 0 Å². The van der Waals surface area contributed by atoms with Crippen LogP contribution >= 0.6 is 0 Å². The van der Waals surface area contributed by atoms with Crippen LogP contribution in [0, 0.1) is 5.82 Å². The maximum absolute atomic E-state index is 12.9. The molecule has 0 aromatic heterocycles. The number of anilines is 2. The molecular weight excluding hydrogens is 253 g/mol. The van der Waals surface area contributed by atoms with Crippen LogP contribution in [0.15, 0.2) is 48.5 Å². The Kier molecular flexibility index (Phi) is 3.56. The number of nitrogens with zero attached hydrogens (tertiary/aromatic N) is 2. The highest BCUT2D eigenvalue weighted by Crippen LogP contribution is 2.21. The zero-order valence-corrected chi connectivity index (χ0v) is 11.4. The van der Waals surface area contributed by atoms with Crippen LogP contribution in [-0.4, -0.2) is 26.2 Å². The van der Waals surface area contributed by atoms with Crippen LogP contribution in [0.4, 0.5) is 21.5 Å². The number of piperazine rings is 1. The van der Waals surface area contributed by atoms with Crippen molar-refractivity contribution in [2.24, 2.45) is 0 Å². The quantitative estimate of drug-likeness (QED) is 0.907. The Balaban J connectivity index is 1.64. The van der Waals surface area contributed by atoms with Gasteiger partial charge in [-0.05, 0) is 36.4 Å². The molecule has 1 fully saturated rings. The van der Waals surface area contributed by atoms with E-state index in [-0.39, 0.29) is 5.82 Å². The van der Waals surface area contributed by atoms with Gasteiger partial charge in [0.25, 0.3) is 0 Å². The minimum absolute atomic E-state index is 0.180. The normalized spacial score (nSPS) is 15.5. The van der Waals surface area contributed by atoms with Crippen molar-refractivity contribution >= 4 is 17.1 Å². The van der Waals surface area contributed by atoms with E-state index in [0.717, 1.165) is 37.6 Å². The maximum atomic E-state index is 12.9. The van der Waals surface area contributed by atoms with E-state index in [1.165, 1.54) is 17.8 Å². The van der Waals surface area contributed by atoms with Crippen molar-refractivity contribution in [2.75, 3.05) is 36.0 Å². The molecule has 1 saturated heterocycles. The van der Waals surface area contributed by atoms with Gasteiger partial charge in [-0.3, -0.25) is 0 Å². The van der Waals surface area contributed by atoms with Crippen molar-refractivity contribution in [2.45, 2.75) is 0 Å². The lowest BCUT2D eigenvalue weighted by Crippen LogP contribution is -2.46. The second-order valence-corrected chi connectivity index (χ2v) is 5.12. The Hall–Kier alpha value is -2.07. The predicted octanol–water partition coefficient (Wildman–Crippen LogP) is 2.03. The van der Waals surface area contributed by atoms with Crippen LogP contribution < -0.4 is 15.5 Å². The molecule has 0 unspecified atom stereocenters. The van der Waals surface area contributed by atoms with Gasteiger partial charge in [0.1, 0.15) is 11.5 Å². The fraction of sp³-hybridized carbons (Fsp3) is 0.250. The van der Waals surface area contributed by atoms with Crippen LogP contribution in [0.5, 0.6) is 0 Å². The molecule has 0 amide bonds. The Morgan fingerprint density at radius 3 is 1.55 bits per heavy atom. The third-order valence-electron chi connectivity index (χ3n) is 3.77. The summed E-state index contributed by atoms with van der Waals surface area (Å²) >= 11 is 0. The van der Waals surface area contributed by atoms with Crippen molar-refractivity contribution in [3.05, 3.63) is 54.3 Å². The Bertz CT molecular complexity index is 504. The fourth-order valence-electron chi connectivity index (χ4n) is 2.58. The summed E-state index contributed by atoms with van der Waals surface area (Å²) in [4.78, 5) is 4.67. The molecule has 3 rings (SSSR count). The zero-order chi connectivity index (χ0) is 13.9. The molecule has 0 bridgehead atoms. The summed E-state index contributed by atoms with van der Waals surface area (Å²) in [5.41, 5.74) is 7.29. The number of benzene rings is 2. The molecule has 20 heavy (non-hydrogen) atoms. The highest BCUT2D eigenvalue weighted by molar-refractivity contribution is 5.53. The second-order valence-electron chi connectivity index (χ2n) is 5.12. The number of quaternary nitrogens is 1. The lowest BCUT2D eigenvalue weighted by atomic mass is 10.2. The summed E-state index contributed by atoms with van der Waals surface area (Å²) in [7, 11) is 0. The number of rotatable bonds is 2. The predicted molar refractivity (Wildman–Crippen MR) is 79.8 cm³/mol. The minimum atomic E-state index is -0.180. The van der Waals surface area contributed by atoms with E-state index >= 15 is 0 Å². The number of hydrogen-bond acceptors (Lipinski definition) is 2. The van der Waals surface area contributed by atoms with Gasteiger partial charge in [0.2, 0.25) is 0 Å². The van der Waals surface area contributed by atoms with E-state index in [1.807, 2.05) is 24.3 Å². The van der Waals surface area contributed by atoms with Crippen LogP contribution in [0.25, 0.3) is 0 Å². The van der Waals surface area contributed by atoms with Crippen LogP contribution in [-0.2, 0) is 0 Å². The highest BCUT2D eigenvalue weighted by Gasteiger charge is 2.17. The Labute approximate surface area is 118 Å². The molecule has 0 aliphatic carbocycles. The monoisotopic (exact) mass is 272 g/mol. The molecule has 2 aromatic rings. The first-order valence-corrected chi connectivity index (χ1v) is 6.90. The van der Waals surface area contributed by atoms with E-state index in [0.29, 0.717) is 0 Å². The summed E-state index contributed by atoms with van der Waals surface area (Å²) < 4.78 is 12.9. The minimum Gasteiger partial charge on any atom is -0.368 e. The van der Waals surface area contributed by atoms with Crippen molar-refractivity contribution in [3.8, 4) is 0 Å². The fourth-order valence-corrected chi connectivity index (χ4v) is 2.58. The van der Waals surface area contributed by atoms with Crippen molar-refractivity contribution < 1.29 is 10.1 Å². The lowest BCUT2D eigenvalue weighted by Gasteiger charge is -2.37. The van der Waals surface area contributed by atoms with Crippen LogP contribution in [0.1, 0.15) is 0 Å². The topological polar surface area (TPSA) is 34.1 Å². The Morgan fingerprint density at radius 1 is 0.700 bits per heavy atom. The summed E-state index contributed by atoms with van der Waals surface area (Å²) in [5, 5.41) is 0. The standard InChI is InChI=1S/C16H18FN3/c17-13-1-5-15(6-2-13)19-9-11-20(12-10-19)16-7-3-14(18)4-8-16/h1-8H,9-12,18H2/p+1. The third-order valence-corrected chi connectivity index (χ3v) is 3.77. The Morgan fingerprint density at radius 2 is 1.10 bits per heavy atom. The van der Waals surface area contributed by atoms with Gasteiger partial charge >= 0.3 is 0 Å². The lowest BCUT2D eigenvalue weighted by molar-refractivity contribution is -0.254. The molecule has 1 aliphatic heterocycles. The van der Waals surface area contributed by atoms with Crippen LogP contribution in [0.3, 0.4) is 0 Å². The van der Waals surface area contributed by atoms with Crippen molar-refractivity contribution in [1.29, 1.82) is 0 Å². The SMILES string of the molecule is [NH3+]c1ccc(N2CCN(c3ccc(F)cc3)CC2)cc1. The molecule has 3 nitrogen and oxygen atoms in total. The maximum Gasteiger partial charge on any atom is 0.128 e. The number of halogens is 1. The second kappa shape index (κ2) is 5.51. The van der Waals surface area contributed by atoms with Crippen molar-refractivity contribution in [3.63, 3.8) is 0 Å². The molecule has 0 atom stereocenters. The van der Waals surface area contributed by atoms with Crippen molar-refractivity contribution in [1.82, 2.24) is 0 Å². The molecule has 1 aliphatic rings. The van der Waals surface area contributed by atoms with Gasteiger partial charge in [-0.1, -0.05) is 0 Å². The molecule has 2 aromatic carbocycles. The summed E-state index contributed by atoms with van der Waals surface area (Å²) in [6.45, 7) is 3.87. The average molecular weight is 272 g/mol. The first kappa shape index (κ1) is 12.9. The van der Waals surface area contributed by atoms with E-state index in [4.69, 9.17) is 0 Å². The average Bonchev–Trinajstić information content (AvgIpc) is 2.49. The molecule has 1 heterocycles. The number of hydrogen-bond donors (Lipinski definition) is 1. The first-order chi connectivity index (χ1) is 9.72. The largest absolute Gasteiger partial charge is 0.368 e. The van der Waals surface area contributed by atoms with E-state index in [2.05, 4.69) is 27.7 Å². The molecular formula is C16H19FN3+. The molecule has 104 valence electrons. The van der Waals surface area contributed by atoms with Gasteiger partial charge < -0.3 is 15.5 Å². The summed E-state index contributed by atoms with van der Waals surface area (Å²) in [6, 6.07) is 15.1. The van der Waals surface area contributed by atoms with Gasteiger partial charge in [-0.15, -0.1) is 0 Å². The third kappa shape index (κ3) is 2.75. The summed E-state index contributed by atoms with van der Waals surface area (Å²) in [5.74, 6) is -0.180. The van der Waals surface area contributed by atoms with Gasteiger partial charge in [0.15, 0.2) is 0 Å². The first-order valence-electron chi connectivity index (χ1n) is 6.90. The molecule has 0 radical (unpaired) electrons. The smallest absolute Gasteiger partial charge is 0.128 e. The van der Waals surface area contributed by atoms with E-state index in [9.17, 15) is 4.39 Å². The van der Waals surface area contributed by atoms with Gasteiger partial charge in [0.05, 0.1) is 0 Å². The molecule has 0 spiro atoms. The van der Waals surface area contributed by atoms with Gasteiger partial charge in [0, 0.05) is 49.7 Å². The van der Waals surface area contributed by atoms with Gasteiger partial charge in [-0.2, -0.15) is 0 Å².